The van der Waals surface area contributed by atoms with Gasteiger partial charge in [-0.1, -0.05) is 6.08 Å². The lowest BCUT2D eigenvalue weighted by Gasteiger charge is -2.04. The van der Waals surface area contributed by atoms with Gasteiger partial charge in [-0.25, -0.2) is 15.8 Å². The summed E-state index contributed by atoms with van der Waals surface area (Å²) in [6.07, 6.45) is 3.28. The van der Waals surface area contributed by atoms with Gasteiger partial charge in [0.2, 0.25) is 0 Å². The van der Waals surface area contributed by atoms with E-state index in [2.05, 4.69) is 37.9 Å². The minimum absolute atomic E-state index is 0.585. The van der Waals surface area contributed by atoms with Gasteiger partial charge in [0.25, 0.3) is 0 Å². The Morgan fingerprint density at radius 1 is 1.69 bits per heavy atom. The molecule has 70 valence electrons. The van der Waals surface area contributed by atoms with Gasteiger partial charge < -0.3 is 5.43 Å². The van der Waals surface area contributed by atoms with Gasteiger partial charge in [0, 0.05) is 5.75 Å². The SMILES string of the molecule is C=CCSc1ncnc(NN)c1Br. The molecule has 1 rings (SSSR count). The van der Waals surface area contributed by atoms with Crippen LogP contribution in [0.25, 0.3) is 0 Å². The number of nitrogens with zero attached hydrogens (tertiary/aromatic N) is 2. The molecule has 1 aromatic heterocycles. The maximum absolute atomic E-state index is 5.25. The third-order valence-corrected chi connectivity index (χ3v) is 3.23. The van der Waals surface area contributed by atoms with E-state index in [0.29, 0.717) is 5.82 Å². The molecule has 0 unspecified atom stereocenters. The minimum atomic E-state index is 0.585. The van der Waals surface area contributed by atoms with Gasteiger partial charge in [0.1, 0.15) is 11.4 Å². The van der Waals surface area contributed by atoms with Gasteiger partial charge in [0.15, 0.2) is 5.82 Å². The Bertz CT molecular complexity index is 305. The molecule has 0 spiro atoms. The first kappa shape index (κ1) is 10.5. The first-order chi connectivity index (χ1) is 6.29. The van der Waals surface area contributed by atoms with Crippen molar-refractivity contribution in [2.45, 2.75) is 5.03 Å². The first-order valence-corrected chi connectivity index (χ1v) is 5.28. The summed E-state index contributed by atoms with van der Waals surface area (Å²) < 4.78 is 0.782. The molecule has 0 fully saturated rings. The minimum Gasteiger partial charge on any atom is -0.307 e. The molecule has 0 aliphatic rings. The summed E-state index contributed by atoms with van der Waals surface area (Å²) in [6.45, 7) is 3.63. The van der Waals surface area contributed by atoms with Gasteiger partial charge in [-0.05, 0) is 15.9 Å². The van der Waals surface area contributed by atoms with Crippen LogP contribution in [0.2, 0.25) is 0 Å². The van der Waals surface area contributed by atoms with E-state index >= 15 is 0 Å². The molecule has 1 heterocycles. The molecule has 0 atom stereocenters. The van der Waals surface area contributed by atoms with Crippen LogP contribution in [0.5, 0.6) is 0 Å². The molecule has 0 amide bonds. The predicted octanol–water partition coefficient (Wildman–Crippen LogP) is 1.80. The maximum Gasteiger partial charge on any atom is 0.158 e. The molecule has 4 nitrogen and oxygen atoms in total. The zero-order chi connectivity index (χ0) is 9.68. The Hall–Kier alpha value is -0.590. The molecular weight excluding hydrogens is 252 g/mol. The summed E-state index contributed by atoms with van der Waals surface area (Å²) in [7, 11) is 0. The average molecular weight is 261 g/mol. The Kier molecular flexibility index (Phi) is 4.20. The fourth-order valence-electron chi connectivity index (χ4n) is 0.693. The molecular formula is C7H9BrN4S. The van der Waals surface area contributed by atoms with Gasteiger partial charge in [-0.2, -0.15) is 0 Å². The lowest BCUT2D eigenvalue weighted by Crippen LogP contribution is -2.09. The molecule has 0 aliphatic heterocycles. The average Bonchev–Trinajstić information content (AvgIpc) is 2.16. The quantitative estimate of drug-likeness (QED) is 0.284. The van der Waals surface area contributed by atoms with Crippen LogP contribution in [0, 0.1) is 0 Å². The number of rotatable bonds is 4. The highest BCUT2D eigenvalue weighted by Gasteiger charge is 2.06. The van der Waals surface area contributed by atoms with Crippen molar-refractivity contribution in [1.82, 2.24) is 9.97 Å². The number of nitrogen functional groups attached to an aromatic ring is 1. The summed E-state index contributed by atoms with van der Waals surface area (Å²) in [4.78, 5) is 8.02. The molecule has 0 aromatic carbocycles. The Labute approximate surface area is 89.1 Å². The first-order valence-electron chi connectivity index (χ1n) is 3.50. The normalized spacial score (nSPS) is 9.69. The fraction of sp³-hybridized carbons (Fsp3) is 0.143. The van der Waals surface area contributed by atoms with E-state index in [1.54, 1.807) is 11.8 Å². The van der Waals surface area contributed by atoms with Crippen molar-refractivity contribution in [3.05, 3.63) is 23.5 Å². The number of halogens is 1. The molecule has 1 aromatic rings. The van der Waals surface area contributed by atoms with Crippen molar-refractivity contribution in [2.24, 2.45) is 5.84 Å². The van der Waals surface area contributed by atoms with Gasteiger partial charge in [0.05, 0.1) is 4.47 Å². The largest absolute Gasteiger partial charge is 0.307 e. The Morgan fingerprint density at radius 2 is 2.46 bits per heavy atom. The summed E-state index contributed by atoms with van der Waals surface area (Å²) in [5.74, 6) is 6.64. The van der Waals surface area contributed by atoms with E-state index < -0.39 is 0 Å². The second-order valence-corrected chi connectivity index (χ2v) is 3.89. The molecule has 0 saturated heterocycles. The van der Waals surface area contributed by atoms with Crippen LogP contribution in [-0.4, -0.2) is 15.7 Å². The molecule has 0 aliphatic carbocycles. The van der Waals surface area contributed by atoms with Gasteiger partial charge in [-0.3, -0.25) is 0 Å². The number of thioether (sulfide) groups is 1. The van der Waals surface area contributed by atoms with Gasteiger partial charge in [-0.15, -0.1) is 18.3 Å². The number of aromatic nitrogens is 2. The number of hydrazine groups is 1. The van der Waals surface area contributed by atoms with Crippen molar-refractivity contribution in [1.29, 1.82) is 0 Å². The maximum atomic E-state index is 5.25. The van der Waals surface area contributed by atoms with Crippen LogP contribution in [0.3, 0.4) is 0 Å². The van der Waals surface area contributed by atoms with Crippen LogP contribution in [-0.2, 0) is 0 Å². The van der Waals surface area contributed by atoms with Crippen LogP contribution >= 0.6 is 27.7 Å². The number of anilines is 1. The van der Waals surface area contributed by atoms with E-state index in [4.69, 9.17) is 5.84 Å². The van der Waals surface area contributed by atoms with Crippen molar-refractivity contribution in [2.75, 3.05) is 11.2 Å². The third-order valence-electron chi connectivity index (χ3n) is 1.23. The third kappa shape index (κ3) is 2.68. The molecule has 3 N–H and O–H groups in total. The number of hydrogen-bond acceptors (Lipinski definition) is 5. The highest BCUT2D eigenvalue weighted by atomic mass is 79.9. The lowest BCUT2D eigenvalue weighted by atomic mass is 10.6. The van der Waals surface area contributed by atoms with Crippen LogP contribution < -0.4 is 11.3 Å². The summed E-state index contributed by atoms with van der Waals surface area (Å²) >= 11 is 4.91. The number of nitrogens with two attached hydrogens (primary N) is 1. The second kappa shape index (κ2) is 5.21. The highest BCUT2D eigenvalue weighted by molar-refractivity contribution is 9.10. The molecule has 0 radical (unpaired) electrons. The van der Waals surface area contributed by atoms with E-state index in [-0.39, 0.29) is 0 Å². The topological polar surface area (TPSA) is 63.8 Å². The Morgan fingerprint density at radius 3 is 3.08 bits per heavy atom. The van der Waals surface area contributed by atoms with Crippen LogP contribution in [0.1, 0.15) is 0 Å². The van der Waals surface area contributed by atoms with Crippen molar-refractivity contribution >= 4 is 33.5 Å². The Balaban J connectivity index is 2.87. The van der Waals surface area contributed by atoms with E-state index in [9.17, 15) is 0 Å². The molecule has 13 heavy (non-hydrogen) atoms. The second-order valence-electron chi connectivity index (χ2n) is 2.09. The molecule has 6 heteroatoms. The van der Waals surface area contributed by atoms with E-state index in [1.807, 2.05) is 6.08 Å². The van der Waals surface area contributed by atoms with Crippen molar-refractivity contribution in [3.63, 3.8) is 0 Å². The molecule has 0 saturated carbocycles. The lowest BCUT2D eigenvalue weighted by molar-refractivity contribution is 1.02. The van der Waals surface area contributed by atoms with Gasteiger partial charge >= 0.3 is 0 Å². The number of nitrogens with one attached hydrogen (secondary N) is 1. The monoisotopic (exact) mass is 260 g/mol. The zero-order valence-corrected chi connectivity index (χ0v) is 9.23. The van der Waals surface area contributed by atoms with Crippen molar-refractivity contribution in [3.8, 4) is 0 Å². The highest BCUT2D eigenvalue weighted by Crippen LogP contribution is 2.29. The van der Waals surface area contributed by atoms with Crippen LogP contribution in [0.4, 0.5) is 5.82 Å². The van der Waals surface area contributed by atoms with E-state index in [1.165, 1.54) is 6.33 Å². The fourth-order valence-corrected chi connectivity index (χ4v) is 1.98. The summed E-state index contributed by atoms with van der Waals surface area (Å²) in [6, 6.07) is 0. The number of hydrogen-bond donors (Lipinski definition) is 2. The predicted molar refractivity (Wildman–Crippen MR) is 58.5 cm³/mol. The van der Waals surface area contributed by atoms with E-state index in [0.717, 1.165) is 15.3 Å². The van der Waals surface area contributed by atoms with Crippen molar-refractivity contribution < 1.29 is 0 Å². The zero-order valence-electron chi connectivity index (χ0n) is 6.83. The van der Waals surface area contributed by atoms with Crippen LogP contribution in [0.15, 0.2) is 28.5 Å². The smallest absolute Gasteiger partial charge is 0.158 e. The standard InChI is InChI=1S/C7H9BrN4S/c1-2-3-13-7-5(8)6(12-9)10-4-11-7/h2,4H,1,3,9H2,(H,10,11,12). The summed E-state index contributed by atoms with van der Waals surface area (Å²) in [5.41, 5.74) is 2.47. The molecule has 0 bridgehead atoms. The summed E-state index contributed by atoms with van der Waals surface area (Å²) in [5, 5.41) is 0.850.